The lowest BCUT2D eigenvalue weighted by Crippen LogP contribution is -2.13. The molecule has 0 saturated heterocycles. The Labute approximate surface area is 118 Å². The second-order valence-corrected chi connectivity index (χ2v) is 4.68. The number of aromatic nitrogens is 1. The van der Waals surface area contributed by atoms with E-state index in [1.165, 1.54) is 6.07 Å². The highest BCUT2D eigenvalue weighted by molar-refractivity contribution is 9.10. The molecule has 98 valence electrons. The lowest BCUT2D eigenvalue weighted by atomic mass is 10.2. The average Bonchev–Trinajstić information content (AvgIpc) is 2.40. The highest BCUT2D eigenvalue weighted by Crippen LogP contribution is 2.21. The van der Waals surface area contributed by atoms with Gasteiger partial charge in [-0.1, -0.05) is 0 Å². The van der Waals surface area contributed by atoms with E-state index in [1.807, 2.05) is 0 Å². The van der Waals surface area contributed by atoms with Gasteiger partial charge in [0.1, 0.15) is 29.7 Å². The summed E-state index contributed by atoms with van der Waals surface area (Å²) in [4.78, 5) is 3.95. The van der Waals surface area contributed by atoms with Crippen molar-refractivity contribution in [2.24, 2.45) is 5.73 Å². The van der Waals surface area contributed by atoms with Crippen molar-refractivity contribution in [3.05, 3.63) is 58.1 Å². The molecule has 6 heteroatoms. The molecule has 0 unspecified atom stereocenters. The predicted molar refractivity (Wildman–Crippen MR) is 73.7 cm³/mol. The van der Waals surface area contributed by atoms with E-state index in [0.29, 0.717) is 15.9 Å². The number of nitrogen functional groups attached to an aromatic ring is 1. The molecule has 3 N–H and O–H groups in total. The summed E-state index contributed by atoms with van der Waals surface area (Å²) in [6.45, 7) is 0.254. The highest BCUT2D eigenvalue weighted by atomic mass is 79.9. The number of amidine groups is 1. The molecule has 0 spiro atoms. The zero-order valence-corrected chi connectivity index (χ0v) is 11.4. The molecule has 0 aliphatic carbocycles. The first-order valence-electron chi connectivity index (χ1n) is 5.43. The zero-order chi connectivity index (χ0) is 13.8. The molecular formula is C13H11BrFN3O. The van der Waals surface area contributed by atoms with Gasteiger partial charge in [-0.15, -0.1) is 0 Å². The van der Waals surface area contributed by atoms with E-state index in [0.717, 1.165) is 5.56 Å². The average molecular weight is 324 g/mol. The van der Waals surface area contributed by atoms with Gasteiger partial charge in [0.25, 0.3) is 0 Å². The molecular weight excluding hydrogens is 313 g/mol. The fourth-order valence-electron chi connectivity index (χ4n) is 1.44. The molecule has 1 heterocycles. The number of rotatable bonds is 4. The summed E-state index contributed by atoms with van der Waals surface area (Å²) in [5.74, 6) is -0.0462. The first-order chi connectivity index (χ1) is 9.06. The van der Waals surface area contributed by atoms with Crippen molar-refractivity contribution in [2.45, 2.75) is 6.61 Å². The Hall–Kier alpha value is -1.95. The second-order valence-electron chi connectivity index (χ2n) is 3.83. The van der Waals surface area contributed by atoms with Crippen LogP contribution >= 0.6 is 15.9 Å². The SMILES string of the molecule is N=C(N)c1cc(COc2ccc(Br)c(F)c2)ccn1. The molecule has 19 heavy (non-hydrogen) atoms. The minimum Gasteiger partial charge on any atom is -0.489 e. The normalized spacial score (nSPS) is 10.2. The molecule has 0 atom stereocenters. The first kappa shape index (κ1) is 13.5. The fraction of sp³-hybridized carbons (Fsp3) is 0.0769. The standard InChI is InChI=1S/C13H11BrFN3O/c14-10-2-1-9(6-11(10)15)19-7-8-3-4-18-12(5-8)13(16)17/h1-6H,7H2,(H3,16,17). The maximum absolute atomic E-state index is 13.3. The van der Waals surface area contributed by atoms with E-state index in [2.05, 4.69) is 20.9 Å². The van der Waals surface area contributed by atoms with Crippen molar-refractivity contribution in [3.63, 3.8) is 0 Å². The third-order valence-electron chi connectivity index (χ3n) is 2.40. The molecule has 2 aromatic rings. The van der Waals surface area contributed by atoms with Gasteiger partial charge in [0.05, 0.1) is 4.47 Å². The summed E-state index contributed by atoms with van der Waals surface area (Å²) in [5.41, 5.74) is 6.55. The van der Waals surface area contributed by atoms with Crippen LogP contribution in [0, 0.1) is 11.2 Å². The van der Waals surface area contributed by atoms with E-state index in [4.69, 9.17) is 15.9 Å². The van der Waals surface area contributed by atoms with Crippen molar-refractivity contribution in [3.8, 4) is 5.75 Å². The number of benzene rings is 1. The summed E-state index contributed by atoms with van der Waals surface area (Å²) < 4.78 is 19.1. The molecule has 0 fully saturated rings. The topological polar surface area (TPSA) is 72.0 Å². The molecule has 0 radical (unpaired) electrons. The summed E-state index contributed by atoms with van der Waals surface area (Å²) >= 11 is 3.07. The lowest BCUT2D eigenvalue weighted by molar-refractivity contribution is 0.304. The van der Waals surface area contributed by atoms with Gasteiger partial charge in [0, 0.05) is 12.3 Å². The first-order valence-corrected chi connectivity index (χ1v) is 6.23. The van der Waals surface area contributed by atoms with Crippen molar-refractivity contribution in [1.82, 2.24) is 4.98 Å². The van der Waals surface area contributed by atoms with Gasteiger partial charge in [-0.25, -0.2) is 4.39 Å². The number of halogens is 2. The van der Waals surface area contributed by atoms with Crippen molar-refractivity contribution >= 4 is 21.8 Å². The predicted octanol–water partition coefficient (Wildman–Crippen LogP) is 2.85. The third kappa shape index (κ3) is 3.51. The number of ether oxygens (including phenoxy) is 1. The Morgan fingerprint density at radius 1 is 1.37 bits per heavy atom. The van der Waals surface area contributed by atoms with Gasteiger partial charge < -0.3 is 10.5 Å². The van der Waals surface area contributed by atoms with Gasteiger partial charge in [-0.05, 0) is 45.8 Å². The quantitative estimate of drug-likeness (QED) is 0.671. The monoisotopic (exact) mass is 323 g/mol. The summed E-state index contributed by atoms with van der Waals surface area (Å²) in [6.07, 6.45) is 1.55. The summed E-state index contributed by atoms with van der Waals surface area (Å²) in [5, 5.41) is 7.30. The number of hydrogen-bond donors (Lipinski definition) is 2. The largest absolute Gasteiger partial charge is 0.489 e. The van der Waals surface area contributed by atoms with Crippen LogP contribution in [-0.2, 0) is 6.61 Å². The van der Waals surface area contributed by atoms with Crippen LogP contribution in [0.25, 0.3) is 0 Å². The highest BCUT2D eigenvalue weighted by Gasteiger charge is 2.03. The smallest absolute Gasteiger partial charge is 0.141 e. The Bertz CT molecular complexity index is 619. The van der Waals surface area contributed by atoms with Gasteiger partial charge in [0.15, 0.2) is 0 Å². The molecule has 0 saturated carbocycles. The molecule has 1 aromatic heterocycles. The minimum absolute atomic E-state index is 0.100. The van der Waals surface area contributed by atoms with Crippen LogP contribution in [0.4, 0.5) is 4.39 Å². The van der Waals surface area contributed by atoms with E-state index >= 15 is 0 Å². The second kappa shape index (κ2) is 5.79. The summed E-state index contributed by atoms with van der Waals surface area (Å²) in [7, 11) is 0. The zero-order valence-electron chi connectivity index (χ0n) is 9.86. The third-order valence-corrected chi connectivity index (χ3v) is 3.04. The van der Waals surface area contributed by atoms with Crippen LogP contribution in [0.1, 0.15) is 11.3 Å². The Morgan fingerprint density at radius 2 is 2.16 bits per heavy atom. The number of nitrogens with two attached hydrogens (primary N) is 1. The van der Waals surface area contributed by atoms with E-state index < -0.39 is 0 Å². The van der Waals surface area contributed by atoms with Crippen LogP contribution in [0.2, 0.25) is 0 Å². The van der Waals surface area contributed by atoms with E-state index in [1.54, 1.807) is 30.5 Å². The fourth-order valence-corrected chi connectivity index (χ4v) is 1.69. The minimum atomic E-state index is -0.378. The molecule has 0 aliphatic rings. The van der Waals surface area contributed by atoms with Gasteiger partial charge in [0.2, 0.25) is 0 Å². The van der Waals surface area contributed by atoms with Crippen LogP contribution in [0.5, 0.6) is 5.75 Å². The molecule has 0 amide bonds. The maximum Gasteiger partial charge on any atom is 0.141 e. The number of hydrogen-bond acceptors (Lipinski definition) is 3. The summed E-state index contributed by atoms with van der Waals surface area (Å²) in [6, 6.07) is 7.97. The lowest BCUT2D eigenvalue weighted by Gasteiger charge is -2.07. The van der Waals surface area contributed by atoms with Gasteiger partial charge in [-0.3, -0.25) is 10.4 Å². The Morgan fingerprint density at radius 3 is 2.84 bits per heavy atom. The number of pyridine rings is 1. The molecule has 0 aliphatic heterocycles. The number of nitrogens with one attached hydrogen (secondary N) is 1. The van der Waals surface area contributed by atoms with Crippen molar-refractivity contribution in [1.29, 1.82) is 5.41 Å². The Balaban J connectivity index is 2.07. The van der Waals surface area contributed by atoms with Crippen molar-refractivity contribution in [2.75, 3.05) is 0 Å². The van der Waals surface area contributed by atoms with Gasteiger partial charge in [-0.2, -0.15) is 0 Å². The van der Waals surface area contributed by atoms with E-state index in [9.17, 15) is 4.39 Å². The maximum atomic E-state index is 13.3. The van der Waals surface area contributed by atoms with Crippen LogP contribution in [0.15, 0.2) is 41.0 Å². The van der Waals surface area contributed by atoms with Gasteiger partial charge >= 0.3 is 0 Å². The molecule has 2 rings (SSSR count). The van der Waals surface area contributed by atoms with Crippen molar-refractivity contribution < 1.29 is 9.13 Å². The molecule has 1 aromatic carbocycles. The van der Waals surface area contributed by atoms with Crippen LogP contribution in [-0.4, -0.2) is 10.8 Å². The molecule has 0 bridgehead atoms. The van der Waals surface area contributed by atoms with E-state index in [-0.39, 0.29) is 18.3 Å². The van der Waals surface area contributed by atoms with Crippen LogP contribution in [0.3, 0.4) is 0 Å². The Kier molecular flexibility index (Phi) is 4.11. The molecule has 4 nitrogen and oxygen atoms in total. The van der Waals surface area contributed by atoms with Crippen LogP contribution < -0.4 is 10.5 Å². The number of nitrogens with zero attached hydrogens (tertiary/aromatic N) is 1.